The second-order valence-electron chi connectivity index (χ2n) is 0.771. The molecule has 1 heterocycles. The molecule has 2 nitrogen and oxygen atoms in total. The maximum Gasteiger partial charge on any atom is 0.128 e. The molecule has 9 heavy (non-hydrogen) atoms. The third-order valence-electron chi connectivity index (χ3n) is 0.369. The van der Waals surface area contributed by atoms with E-state index in [-0.39, 0.29) is 88.7 Å². The van der Waals surface area contributed by atoms with Gasteiger partial charge in [-0.15, -0.1) is 0 Å². The van der Waals surface area contributed by atoms with Gasteiger partial charge >= 0.3 is 0 Å². The van der Waals surface area contributed by atoms with Crippen LogP contribution in [0.2, 0.25) is 0 Å². The summed E-state index contributed by atoms with van der Waals surface area (Å²) in [5.41, 5.74) is 0. The summed E-state index contributed by atoms with van der Waals surface area (Å²) in [6.07, 6.45) is 1.61. The van der Waals surface area contributed by atoms with Crippen molar-refractivity contribution in [3.8, 4) is 0 Å². The van der Waals surface area contributed by atoms with E-state index in [4.69, 9.17) is 0 Å². The molecule has 0 aliphatic rings. The molecule has 0 atom stereocenters. The molecule has 0 aliphatic carbocycles. The summed E-state index contributed by atoms with van der Waals surface area (Å²) >= 11 is 6.03. The number of rotatable bonds is 0. The largest absolute Gasteiger partial charge is 0.231 e. The smallest absolute Gasteiger partial charge is 0.128 e. The van der Waals surface area contributed by atoms with E-state index >= 15 is 0 Å². The van der Waals surface area contributed by atoms with Gasteiger partial charge in [0, 0.05) is 88.7 Å². The average Bonchev–Trinajstić information content (AvgIpc) is 1.86. The van der Waals surface area contributed by atoms with E-state index in [1.54, 1.807) is 6.20 Å². The molecule has 0 bridgehead atoms. The van der Waals surface area contributed by atoms with Gasteiger partial charge in [0.15, 0.2) is 0 Å². The van der Waals surface area contributed by atoms with Crippen molar-refractivity contribution in [3.63, 3.8) is 0 Å². The maximum atomic E-state index is 4.67. The molecule has 1 aromatic rings. The number of aromatic nitrogens is 2. The van der Waals surface area contributed by atoms with E-state index in [9.17, 15) is 0 Å². The molecule has 0 aliphatic heterocycles. The SMILES string of the molecule is S=c1cn[nH]s1.[Na].[Na].[Na]. The number of nitrogens with zero attached hydrogens (tertiary/aromatic N) is 1. The van der Waals surface area contributed by atoms with Crippen LogP contribution in [-0.2, 0) is 0 Å². The molecule has 1 aromatic heterocycles. The Kier molecular flexibility index (Phi) is 21.3. The van der Waals surface area contributed by atoms with E-state index < -0.39 is 0 Å². The summed E-state index contributed by atoms with van der Waals surface area (Å²) < 4.78 is 3.42. The van der Waals surface area contributed by atoms with Crippen LogP contribution in [-0.4, -0.2) is 98.3 Å². The van der Waals surface area contributed by atoms with Gasteiger partial charge in [0.05, 0.1) is 6.20 Å². The third kappa shape index (κ3) is 8.69. The van der Waals surface area contributed by atoms with Crippen LogP contribution in [0.3, 0.4) is 0 Å². The summed E-state index contributed by atoms with van der Waals surface area (Å²) in [6.45, 7) is 0. The molecular formula is C2H2N2Na3S2. The Bertz CT molecular complexity index is 156. The normalized spacial score (nSPS) is 5.78. The first-order chi connectivity index (χ1) is 2.89. The van der Waals surface area contributed by atoms with Crippen molar-refractivity contribution >= 4 is 112 Å². The van der Waals surface area contributed by atoms with Gasteiger partial charge in [0.1, 0.15) is 3.82 Å². The first-order valence-electron chi connectivity index (χ1n) is 1.38. The Morgan fingerprint density at radius 3 is 2.11 bits per heavy atom. The topological polar surface area (TPSA) is 28.7 Å². The van der Waals surface area contributed by atoms with Crippen molar-refractivity contribution in [3.05, 3.63) is 10.0 Å². The molecule has 35 valence electrons. The van der Waals surface area contributed by atoms with E-state index in [2.05, 4.69) is 21.8 Å². The van der Waals surface area contributed by atoms with E-state index in [0.29, 0.717) is 0 Å². The molecule has 0 saturated heterocycles. The van der Waals surface area contributed by atoms with Crippen molar-refractivity contribution in [2.24, 2.45) is 0 Å². The van der Waals surface area contributed by atoms with Gasteiger partial charge in [-0.1, -0.05) is 12.2 Å². The number of nitrogens with one attached hydrogen (secondary N) is 1. The summed E-state index contributed by atoms with van der Waals surface area (Å²) in [6, 6.07) is 0. The van der Waals surface area contributed by atoms with E-state index in [1.165, 1.54) is 11.5 Å². The van der Waals surface area contributed by atoms with Gasteiger partial charge in [-0.3, -0.25) is 0 Å². The molecular weight excluding hydrogens is 185 g/mol. The van der Waals surface area contributed by atoms with Gasteiger partial charge in [-0.05, 0) is 11.5 Å². The summed E-state index contributed by atoms with van der Waals surface area (Å²) in [5.74, 6) is 0. The number of H-pyrrole nitrogens is 1. The molecule has 1 N–H and O–H groups in total. The zero-order valence-electron chi connectivity index (χ0n) is 5.84. The van der Waals surface area contributed by atoms with Crippen LogP contribution in [0, 0.1) is 3.82 Å². The van der Waals surface area contributed by atoms with Crippen molar-refractivity contribution < 1.29 is 0 Å². The van der Waals surface area contributed by atoms with Crippen LogP contribution in [0.5, 0.6) is 0 Å². The Morgan fingerprint density at radius 1 is 1.44 bits per heavy atom. The number of hydrogen-bond acceptors (Lipinski definition) is 3. The van der Waals surface area contributed by atoms with Crippen LogP contribution in [0.1, 0.15) is 0 Å². The van der Waals surface area contributed by atoms with Crippen LogP contribution in [0.4, 0.5) is 0 Å². The Morgan fingerprint density at radius 2 is 2.00 bits per heavy atom. The first-order valence-corrected chi connectivity index (χ1v) is 2.61. The van der Waals surface area contributed by atoms with Crippen molar-refractivity contribution in [1.29, 1.82) is 0 Å². The summed E-state index contributed by atoms with van der Waals surface area (Å²) in [7, 11) is 0. The molecule has 0 amide bonds. The summed E-state index contributed by atoms with van der Waals surface area (Å²) in [5, 5.41) is 3.61. The third-order valence-corrected chi connectivity index (χ3v) is 1.23. The van der Waals surface area contributed by atoms with Crippen LogP contribution in [0.25, 0.3) is 0 Å². The predicted molar refractivity (Wildman–Crippen MR) is 44.6 cm³/mol. The molecule has 0 aromatic carbocycles. The zero-order chi connectivity index (χ0) is 4.41. The van der Waals surface area contributed by atoms with Gasteiger partial charge in [0.2, 0.25) is 0 Å². The van der Waals surface area contributed by atoms with Crippen LogP contribution < -0.4 is 0 Å². The fourth-order valence-corrected chi connectivity index (χ4v) is 0.642. The first kappa shape index (κ1) is 17.8. The fraction of sp³-hybridized carbons (Fsp3) is 0. The molecule has 1 rings (SSSR count). The molecule has 0 spiro atoms. The van der Waals surface area contributed by atoms with E-state index in [1.807, 2.05) is 0 Å². The quantitative estimate of drug-likeness (QED) is 0.459. The second kappa shape index (κ2) is 10.8. The monoisotopic (exact) mass is 187 g/mol. The molecule has 3 radical (unpaired) electrons. The minimum Gasteiger partial charge on any atom is -0.231 e. The minimum absolute atomic E-state index is 0. The van der Waals surface area contributed by atoms with Crippen molar-refractivity contribution in [2.45, 2.75) is 0 Å². The summed E-state index contributed by atoms with van der Waals surface area (Å²) in [4.78, 5) is 0. The second-order valence-corrected chi connectivity index (χ2v) is 2.30. The maximum absolute atomic E-state index is 4.67. The number of hydrogen-bond donors (Lipinski definition) is 1. The minimum atomic E-state index is 0. The molecule has 0 unspecified atom stereocenters. The van der Waals surface area contributed by atoms with Gasteiger partial charge in [-0.2, -0.15) is 5.10 Å². The standard InChI is InChI=1S/C2H2N2S2.3Na/c5-2-1-3-4-6-2;;;/h1,4H;;;. The van der Waals surface area contributed by atoms with E-state index in [0.717, 1.165) is 3.82 Å². The van der Waals surface area contributed by atoms with Gasteiger partial charge in [0.25, 0.3) is 0 Å². The van der Waals surface area contributed by atoms with Gasteiger partial charge < -0.3 is 0 Å². The zero-order valence-corrected chi connectivity index (χ0v) is 13.5. The molecule has 7 heteroatoms. The van der Waals surface area contributed by atoms with Crippen molar-refractivity contribution in [2.75, 3.05) is 0 Å². The fourth-order valence-electron chi connectivity index (χ4n) is 0.177. The molecule has 0 saturated carbocycles. The Hall–Kier alpha value is 2.78. The Labute approximate surface area is 129 Å². The van der Waals surface area contributed by atoms with Crippen LogP contribution in [0.15, 0.2) is 6.20 Å². The average molecular weight is 187 g/mol. The van der Waals surface area contributed by atoms with Crippen LogP contribution >= 0.6 is 23.8 Å². The molecule has 0 fully saturated rings. The predicted octanol–water partition coefficient (Wildman–Crippen LogP) is 0.0583. The van der Waals surface area contributed by atoms with Gasteiger partial charge in [-0.25, -0.2) is 4.49 Å². The van der Waals surface area contributed by atoms with Crippen molar-refractivity contribution in [1.82, 2.24) is 9.59 Å². The number of aromatic amines is 1. The Balaban J connectivity index is -0.000000120.